The number of ether oxygens (including phenoxy) is 1. The van der Waals surface area contributed by atoms with Crippen molar-refractivity contribution in [2.75, 3.05) is 13.7 Å². The first-order chi connectivity index (χ1) is 6.12. The Labute approximate surface area is 81.9 Å². The lowest BCUT2D eigenvalue weighted by atomic mass is 9.67. The molecule has 76 valence electrons. The number of hydrogen-bond donors (Lipinski definition) is 0. The van der Waals surface area contributed by atoms with Gasteiger partial charge in [-0.1, -0.05) is 13.8 Å². The maximum absolute atomic E-state index is 5.24. The summed E-state index contributed by atoms with van der Waals surface area (Å²) in [6.07, 6.45) is 7.13. The molecule has 1 nitrogen and oxygen atoms in total. The van der Waals surface area contributed by atoms with Crippen LogP contribution < -0.4 is 0 Å². The Hall–Kier alpha value is -0.0400. The van der Waals surface area contributed by atoms with Crippen molar-refractivity contribution in [3.63, 3.8) is 0 Å². The van der Waals surface area contributed by atoms with E-state index in [1.54, 1.807) is 0 Å². The molecule has 2 bridgehead atoms. The first-order valence-electron chi connectivity index (χ1n) is 5.61. The highest BCUT2D eigenvalue weighted by atomic mass is 16.5. The Balaban J connectivity index is 2.12. The highest BCUT2D eigenvalue weighted by molar-refractivity contribution is 5.07. The number of fused-ring (bicyclic) bond motifs is 2. The second-order valence-corrected chi connectivity index (χ2v) is 5.52. The van der Waals surface area contributed by atoms with Crippen LogP contribution in [0.1, 0.15) is 46.0 Å². The lowest BCUT2D eigenvalue weighted by Gasteiger charge is -2.38. The SMILES string of the molecule is COCCC12CCC(CC1)C2(C)C. The van der Waals surface area contributed by atoms with Crippen molar-refractivity contribution in [1.29, 1.82) is 0 Å². The number of hydrogen-bond acceptors (Lipinski definition) is 1. The van der Waals surface area contributed by atoms with E-state index in [1.807, 2.05) is 7.11 Å². The van der Waals surface area contributed by atoms with Gasteiger partial charge in [0.05, 0.1) is 0 Å². The molecule has 2 aliphatic carbocycles. The van der Waals surface area contributed by atoms with Crippen LogP contribution in [0.5, 0.6) is 0 Å². The molecule has 0 aliphatic heterocycles. The first kappa shape index (κ1) is 9.51. The summed E-state index contributed by atoms with van der Waals surface area (Å²) >= 11 is 0. The van der Waals surface area contributed by atoms with Crippen molar-refractivity contribution in [3.05, 3.63) is 0 Å². The molecule has 0 unspecified atom stereocenters. The van der Waals surface area contributed by atoms with Crippen molar-refractivity contribution in [2.24, 2.45) is 16.7 Å². The van der Waals surface area contributed by atoms with Crippen LogP contribution in [0, 0.1) is 16.7 Å². The van der Waals surface area contributed by atoms with Crippen LogP contribution in [-0.2, 0) is 4.74 Å². The van der Waals surface area contributed by atoms with Gasteiger partial charge < -0.3 is 4.74 Å². The summed E-state index contributed by atoms with van der Waals surface area (Å²) in [5.74, 6) is 1.00. The third-order valence-electron chi connectivity index (χ3n) is 5.11. The molecule has 0 heterocycles. The topological polar surface area (TPSA) is 9.23 Å². The Bertz CT molecular complexity index is 187. The van der Waals surface area contributed by atoms with E-state index in [1.165, 1.54) is 32.1 Å². The van der Waals surface area contributed by atoms with Crippen LogP contribution in [0.3, 0.4) is 0 Å². The number of methoxy groups -OCH3 is 1. The number of rotatable bonds is 3. The quantitative estimate of drug-likeness (QED) is 0.651. The smallest absolute Gasteiger partial charge is 0.0467 e. The minimum Gasteiger partial charge on any atom is -0.385 e. The molecule has 0 spiro atoms. The van der Waals surface area contributed by atoms with E-state index in [2.05, 4.69) is 13.8 Å². The summed E-state index contributed by atoms with van der Waals surface area (Å²) < 4.78 is 5.24. The maximum Gasteiger partial charge on any atom is 0.0467 e. The summed E-state index contributed by atoms with van der Waals surface area (Å²) in [5, 5.41) is 0. The Morgan fingerprint density at radius 1 is 1.23 bits per heavy atom. The highest BCUT2D eigenvalue weighted by Gasteiger charge is 2.57. The molecule has 0 saturated heterocycles. The molecule has 0 radical (unpaired) electrons. The van der Waals surface area contributed by atoms with Crippen LogP contribution in [0.4, 0.5) is 0 Å². The van der Waals surface area contributed by atoms with Gasteiger partial charge in [0.1, 0.15) is 0 Å². The maximum atomic E-state index is 5.24. The molecular formula is C12H22O. The highest BCUT2D eigenvalue weighted by Crippen LogP contribution is 2.67. The molecule has 0 N–H and O–H groups in total. The zero-order valence-electron chi connectivity index (χ0n) is 9.23. The van der Waals surface area contributed by atoms with E-state index in [4.69, 9.17) is 4.74 Å². The summed E-state index contributed by atoms with van der Waals surface area (Å²) in [4.78, 5) is 0. The van der Waals surface area contributed by atoms with Gasteiger partial charge in [-0.3, -0.25) is 0 Å². The van der Waals surface area contributed by atoms with Gasteiger partial charge in [0.2, 0.25) is 0 Å². The van der Waals surface area contributed by atoms with Crippen molar-refractivity contribution < 1.29 is 4.74 Å². The third-order valence-corrected chi connectivity index (χ3v) is 5.11. The largest absolute Gasteiger partial charge is 0.385 e. The Kier molecular flexibility index (Phi) is 2.18. The zero-order valence-corrected chi connectivity index (χ0v) is 9.23. The van der Waals surface area contributed by atoms with Gasteiger partial charge in [-0.15, -0.1) is 0 Å². The molecule has 2 rings (SSSR count). The van der Waals surface area contributed by atoms with Gasteiger partial charge in [0, 0.05) is 13.7 Å². The molecule has 0 aromatic carbocycles. The van der Waals surface area contributed by atoms with Gasteiger partial charge in [0.15, 0.2) is 0 Å². The second-order valence-electron chi connectivity index (χ2n) is 5.52. The minimum absolute atomic E-state index is 0.589. The normalized spacial score (nSPS) is 41.3. The standard InChI is InChI=1S/C12H22O/c1-11(2)10-4-6-12(11,7-5-10)8-9-13-3/h10H,4-9H2,1-3H3. The zero-order chi connectivity index (χ0) is 9.53. The third kappa shape index (κ3) is 1.16. The molecule has 0 aromatic rings. The summed E-state index contributed by atoms with van der Waals surface area (Å²) in [7, 11) is 1.82. The van der Waals surface area contributed by atoms with Crippen LogP contribution in [-0.4, -0.2) is 13.7 Å². The van der Waals surface area contributed by atoms with Crippen molar-refractivity contribution in [1.82, 2.24) is 0 Å². The van der Waals surface area contributed by atoms with Crippen molar-refractivity contribution in [2.45, 2.75) is 46.0 Å². The lowest BCUT2D eigenvalue weighted by molar-refractivity contribution is 0.0703. The average Bonchev–Trinajstić information content (AvgIpc) is 2.50. The van der Waals surface area contributed by atoms with Crippen molar-refractivity contribution >= 4 is 0 Å². The minimum atomic E-state index is 0.589. The summed E-state index contributed by atoms with van der Waals surface area (Å²) in [6, 6.07) is 0. The fourth-order valence-electron chi connectivity index (χ4n) is 3.84. The fraction of sp³-hybridized carbons (Fsp3) is 1.00. The summed E-state index contributed by atoms with van der Waals surface area (Å²) in [6.45, 7) is 5.91. The summed E-state index contributed by atoms with van der Waals surface area (Å²) in [5.41, 5.74) is 1.22. The predicted octanol–water partition coefficient (Wildman–Crippen LogP) is 3.24. The van der Waals surface area contributed by atoms with E-state index in [0.717, 1.165) is 12.5 Å². The van der Waals surface area contributed by atoms with E-state index in [9.17, 15) is 0 Å². The van der Waals surface area contributed by atoms with Gasteiger partial charge in [-0.2, -0.15) is 0 Å². The second kappa shape index (κ2) is 2.98. The molecule has 0 aromatic heterocycles. The van der Waals surface area contributed by atoms with Gasteiger partial charge in [0.25, 0.3) is 0 Å². The van der Waals surface area contributed by atoms with E-state index < -0.39 is 0 Å². The monoisotopic (exact) mass is 182 g/mol. The van der Waals surface area contributed by atoms with Crippen LogP contribution in [0.25, 0.3) is 0 Å². The predicted molar refractivity (Wildman–Crippen MR) is 54.7 cm³/mol. The van der Waals surface area contributed by atoms with E-state index in [0.29, 0.717) is 10.8 Å². The average molecular weight is 182 g/mol. The van der Waals surface area contributed by atoms with Gasteiger partial charge in [-0.05, 0) is 48.9 Å². The van der Waals surface area contributed by atoms with Crippen molar-refractivity contribution in [3.8, 4) is 0 Å². The van der Waals surface area contributed by atoms with Gasteiger partial charge >= 0.3 is 0 Å². The van der Waals surface area contributed by atoms with E-state index in [-0.39, 0.29) is 0 Å². The molecule has 2 fully saturated rings. The van der Waals surface area contributed by atoms with Crippen LogP contribution in [0.2, 0.25) is 0 Å². The Morgan fingerprint density at radius 2 is 1.85 bits per heavy atom. The molecule has 0 atom stereocenters. The molecule has 2 saturated carbocycles. The first-order valence-corrected chi connectivity index (χ1v) is 5.61. The molecule has 13 heavy (non-hydrogen) atoms. The molecule has 1 heteroatoms. The van der Waals surface area contributed by atoms with Gasteiger partial charge in [-0.25, -0.2) is 0 Å². The van der Waals surface area contributed by atoms with E-state index >= 15 is 0 Å². The van der Waals surface area contributed by atoms with Crippen LogP contribution in [0.15, 0.2) is 0 Å². The lowest BCUT2D eigenvalue weighted by Crippen LogP contribution is -2.31. The fourth-order valence-corrected chi connectivity index (χ4v) is 3.84. The molecule has 2 aliphatic rings. The Morgan fingerprint density at radius 3 is 2.23 bits per heavy atom. The van der Waals surface area contributed by atoms with Crippen LogP contribution >= 0.6 is 0 Å². The molecular weight excluding hydrogens is 160 g/mol. The molecule has 0 amide bonds.